The number of rotatable bonds is 7. The standard InChI is InChI=1S/C30H28ClIN2O3S/c1-36-26-17-21(16-25(32)28(26)37-19-20-12-14-22(31)15-13-20)18-27-29(35)34(24-10-6-3-7-11-24)30(38-27)33-23-8-4-2-5-9-23/h2,4-5,8-9,12-18,24H,3,6-7,10-11,19H2,1H3. The van der Waals surface area contributed by atoms with Crippen molar-refractivity contribution in [3.8, 4) is 11.5 Å². The molecule has 0 atom stereocenters. The van der Waals surface area contributed by atoms with Crippen molar-refractivity contribution in [2.75, 3.05) is 7.11 Å². The Hall–Kier alpha value is -2.49. The van der Waals surface area contributed by atoms with Crippen LogP contribution in [-0.4, -0.2) is 29.1 Å². The minimum Gasteiger partial charge on any atom is -0.493 e. The maximum Gasteiger partial charge on any atom is 0.267 e. The molecule has 196 valence electrons. The third-order valence-corrected chi connectivity index (χ3v) is 8.64. The normalized spacial score (nSPS) is 18.4. The van der Waals surface area contributed by atoms with E-state index in [4.69, 9.17) is 26.1 Å². The Morgan fingerprint density at radius 1 is 1.08 bits per heavy atom. The topological polar surface area (TPSA) is 51.1 Å². The third-order valence-electron chi connectivity index (χ3n) is 6.60. The van der Waals surface area contributed by atoms with Crippen LogP contribution in [0.4, 0.5) is 5.69 Å². The van der Waals surface area contributed by atoms with E-state index < -0.39 is 0 Å². The summed E-state index contributed by atoms with van der Waals surface area (Å²) in [5, 5.41) is 1.44. The Morgan fingerprint density at radius 3 is 2.53 bits per heavy atom. The van der Waals surface area contributed by atoms with Gasteiger partial charge >= 0.3 is 0 Å². The van der Waals surface area contributed by atoms with Gasteiger partial charge in [-0.05, 0) is 101 Å². The van der Waals surface area contributed by atoms with Crippen LogP contribution in [0.25, 0.3) is 6.08 Å². The van der Waals surface area contributed by atoms with Crippen LogP contribution in [0.15, 0.2) is 76.6 Å². The summed E-state index contributed by atoms with van der Waals surface area (Å²) in [7, 11) is 1.63. The van der Waals surface area contributed by atoms with Gasteiger partial charge in [0.25, 0.3) is 5.91 Å². The van der Waals surface area contributed by atoms with E-state index in [-0.39, 0.29) is 11.9 Å². The summed E-state index contributed by atoms with van der Waals surface area (Å²) in [6.45, 7) is 0.397. The average molecular weight is 659 g/mol. The Bertz CT molecular complexity index is 1360. The lowest BCUT2D eigenvalue weighted by Crippen LogP contribution is -2.40. The summed E-state index contributed by atoms with van der Waals surface area (Å²) < 4.78 is 12.7. The van der Waals surface area contributed by atoms with Crippen LogP contribution in [-0.2, 0) is 11.4 Å². The van der Waals surface area contributed by atoms with Crippen LogP contribution < -0.4 is 9.47 Å². The van der Waals surface area contributed by atoms with E-state index in [0.717, 1.165) is 51.2 Å². The summed E-state index contributed by atoms with van der Waals surface area (Å²) >= 11 is 9.69. The molecule has 8 heteroatoms. The molecule has 0 radical (unpaired) electrons. The highest BCUT2D eigenvalue weighted by atomic mass is 127. The molecular weight excluding hydrogens is 631 g/mol. The molecule has 0 N–H and O–H groups in total. The van der Waals surface area contributed by atoms with E-state index in [2.05, 4.69) is 22.6 Å². The second-order valence-electron chi connectivity index (χ2n) is 9.26. The smallest absolute Gasteiger partial charge is 0.267 e. The molecule has 5 rings (SSSR count). The number of hydrogen-bond acceptors (Lipinski definition) is 5. The van der Waals surface area contributed by atoms with Gasteiger partial charge in [-0.1, -0.05) is 61.2 Å². The molecule has 1 saturated carbocycles. The summed E-state index contributed by atoms with van der Waals surface area (Å²) in [4.78, 5) is 21.1. The highest BCUT2D eigenvalue weighted by Crippen LogP contribution is 2.40. The molecule has 1 heterocycles. The predicted molar refractivity (Wildman–Crippen MR) is 164 cm³/mol. The van der Waals surface area contributed by atoms with Gasteiger partial charge in [-0.25, -0.2) is 4.99 Å². The van der Waals surface area contributed by atoms with Crippen LogP contribution in [0, 0.1) is 3.57 Å². The number of thioether (sulfide) groups is 1. The van der Waals surface area contributed by atoms with Crippen molar-refractivity contribution in [3.05, 3.63) is 91.4 Å². The number of hydrogen-bond donors (Lipinski definition) is 0. The molecule has 3 aromatic carbocycles. The van der Waals surface area contributed by atoms with Crippen molar-refractivity contribution < 1.29 is 14.3 Å². The van der Waals surface area contributed by atoms with Gasteiger partial charge in [-0.3, -0.25) is 9.69 Å². The SMILES string of the molecule is COc1cc(C=C2SC(=Nc3ccccc3)N(C3CCCCC3)C2=O)cc(I)c1OCc1ccc(Cl)cc1. The van der Waals surface area contributed by atoms with E-state index in [1.54, 1.807) is 7.11 Å². The summed E-state index contributed by atoms with van der Waals surface area (Å²) in [5.74, 6) is 1.31. The number of carbonyl (C=O) groups excluding carboxylic acids is 1. The van der Waals surface area contributed by atoms with E-state index in [1.807, 2.05) is 77.7 Å². The first kappa shape index (κ1) is 27.1. The van der Waals surface area contributed by atoms with Crippen molar-refractivity contribution in [1.29, 1.82) is 0 Å². The average Bonchev–Trinajstić information content (AvgIpc) is 3.23. The monoisotopic (exact) mass is 658 g/mol. The molecule has 1 aliphatic heterocycles. The Labute approximate surface area is 246 Å². The second kappa shape index (κ2) is 12.6. The van der Waals surface area contributed by atoms with Crippen LogP contribution >= 0.6 is 46.0 Å². The van der Waals surface area contributed by atoms with Crippen LogP contribution in [0.2, 0.25) is 5.02 Å². The highest BCUT2D eigenvalue weighted by Gasteiger charge is 2.38. The molecule has 1 saturated heterocycles. The molecule has 2 aliphatic rings. The first-order chi connectivity index (χ1) is 18.5. The second-order valence-corrected chi connectivity index (χ2v) is 11.9. The molecule has 2 fully saturated rings. The summed E-state index contributed by atoms with van der Waals surface area (Å²) in [6.07, 6.45) is 7.47. The zero-order valence-corrected chi connectivity index (χ0v) is 24.8. The first-order valence-corrected chi connectivity index (χ1v) is 14.9. The number of halogens is 2. The number of benzene rings is 3. The fourth-order valence-corrected chi connectivity index (χ4v) is 6.66. The fourth-order valence-electron chi connectivity index (χ4n) is 4.69. The van der Waals surface area contributed by atoms with Gasteiger partial charge in [-0.15, -0.1) is 0 Å². The quantitative estimate of drug-likeness (QED) is 0.189. The number of amidine groups is 1. The lowest BCUT2D eigenvalue weighted by atomic mass is 9.94. The minimum absolute atomic E-state index is 0.0219. The highest BCUT2D eigenvalue weighted by molar-refractivity contribution is 14.1. The first-order valence-electron chi connectivity index (χ1n) is 12.6. The molecule has 0 unspecified atom stereocenters. The van der Waals surface area contributed by atoms with Crippen LogP contribution in [0.5, 0.6) is 11.5 Å². The number of amides is 1. The molecule has 0 spiro atoms. The van der Waals surface area contributed by atoms with Gasteiger partial charge in [0.15, 0.2) is 16.7 Å². The number of carbonyl (C=O) groups is 1. The number of nitrogens with zero attached hydrogens (tertiary/aromatic N) is 2. The largest absolute Gasteiger partial charge is 0.493 e. The number of para-hydroxylation sites is 1. The third kappa shape index (κ3) is 6.38. The van der Waals surface area contributed by atoms with E-state index >= 15 is 0 Å². The summed E-state index contributed by atoms with van der Waals surface area (Å²) in [5.41, 5.74) is 2.74. The number of methoxy groups -OCH3 is 1. The maximum absolute atomic E-state index is 13.7. The molecular formula is C30H28ClIN2O3S. The fraction of sp³-hybridized carbons (Fsp3) is 0.267. The molecule has 1 amide bonds. The number of ether oxygens (including phenoxy) is 2. The van der Waals surface area contributed by atoms with E-state index in [1.165, 1.54) is 18.2 Å². The van der Waals surface area contributed by atoms with Gasteiger partial charge < -0.3 is 9.47 Å². The summed E-state index contributed by atoms with van der Waals surface area (Å²) in [6, 6.07) is 21.5. The van der Waals surface area contributed by atoms with Crippen molar-refractivity contribution in [2.45, 2.75) is 44.8 Å². The Morgan fingerprint density at radius 2 is 1.82 bits per heavy atom. The van der Waals surface area contributed by atoms with Crippen LogP contribution in [0.3, 0.4) is 0 Å². The Balaban J connectivity index is 1.42. The van der Waals surface area contributed by atoms with Crippen molar-refractivity contribution >= 4 is 68.8 Å². The van der Waals surface area contributed by atoms with E-state index in [0.29, 0.717) is 28.0 Å². The predicted octanol–water partition coefficient (Wildman–Crippen LogP) is 8.47. The number of aliphatic imine (C=N–C) groups is 1. The van der Waals surface area contributed by atoms with Crippen molar-refractivity contribution in [1.82, 2.24) is 4.90 Å². The zero-order chi connectivity index (χ0) is 26.5. The molecule has 0 aromatic heterocycles. The van der Waals surface area contributed by atoms with E-state index in [9.17, 15) is 4.79 Å². The molecule has 5 nitrogen and oxygen atoms in total. The molecule has 1 aliphatic carbocycles. The zero-order valence-electron chi connectivity index (χ0n) is 21.0. The molecule has 38 heavy (non-hydrogen) atoms. The van der Waals surface area contributed by atoms with Crippen molar-refractivity contribution in [3.63, 3.8) is 0 Å². The van der Waals surface area contributed by atoms with Gasteiger partial charge in [0.05, 0.1) is 21.3 Å². The lowest BCUT2D eigenvalue weighted by molar-refractivity contribution is -0.124. The van der Waals surface area contributed by atoms with Crippen LogP contribution in [0.1, 0.15) is 43.2 Å². The minimum atomic E-state index is 0.0219. The lowest BCUT2D eigenvalue weighted by Gasteiger charge is -2.30. The molecule has 0 bridgehead atoms. The van der Waals surface area contributed by atoms with Gasteiger partial charge in [0, 0.05) is 11.1 Å². The Kier molecular flexibility index (Phi) is 8.97. The van der Waals surface area contributed by atoms with Gasteiger partial charge in [0.2, 0.25) is 0 Å². The van der Waals surface area contributed by atoms with Gasteiger partial charge in [-0.2, -0.15) is 0 Å². The molecule has 3 aromatic rings. The maximum atomic E-state index is 13.7. The van der Waals surface area contributed by atoms with Gasteiger partial charge in [0.1, 0.15) is 6.61 Å². The van der Waals surface area contributed by atoms with Crippen molar-refractivity contribution in [2.24, 2.45) is 4.99 Å².